The monoisotopic (exact) mass is 665 g/mol. The van der Waals surface area contributed by atoms with E-state index in [1.165, 1.54) is 4.90 Å². The number of methoxy groups -OCH3 is 1. The second-order valence-corrected chi connectivity index (χ2v) is 14.4. The highest BCUT2D eigenvalue weighted by Gasteiger charge is 2.26. The average molecular weight is 666 g/mol. The molecular weight excluding hydrogens is 622 g/mol. The minimum absolute atomic E-state index is 0.0915. The molecule has 1 atom stereocenters. The van der Waals surface area contributed by atoms with Crippen LogP contribution in [0.5, 0.6) is 5.75 Å². The molecule has 0 radical (unpaired) electrons. The van der Waals surface area contributed by atoms with Crippen LogP contribution < -0.4 is 14.4 Å². The summed E-state index contributed by atoms with van der Waals surface area (Å²) in [5, 5.41) is 0. The Morgan fingerprint density at radius 3 is 2.60 bits per heavy atom. The Hall–Kier alpha value is -4.27. The van der Waals surface area contributed by atoms with Gasteiger partial charge in [-0.1, -0.05) is 19.1 Å². The van der Waals surface area contributed by atoms with Crippen molar-refractivity contribution < 1.29 is 27.4 Å². The number of benzene rings is 1. The lowest BCUT2D eigenvalue weighted by molar-refractivity contribution is 0.0283. The minimum atomic E-state index is -3.76. The molecule has 0 aliphatic carbocycles. The molecular formula is C33H43N7O6S. The van der Waals surface area contributed by atoms with E-state index in [0.29, 0.717) is 60.6 Å². The molecule has 1 saturated heterocycles. The van der Waals surface area contributed by atoms with E-state index in [2.05, 4.69) is 26.5 Å². The van der Waals surface area contributed by atoms with Crippen LogP contribution in [0.3, 0.4) is 0 Å². The second kappa shape index (κ2) is 14.2. The number of ether oxygens (including phenoxy) is 3. The number of anilines is 1. The van der Waals surface area contributed by atoms with Crippen LogP contribution in [-0.4, -0.2) is 84.9 Å². The Balaban J connectivity index is 1.42. The van der Waals surface area contributed by atoms with Crippen molar-refractivity contribution in [2.45, 2.75) is 64.6 Å². The van der Waals surface area contributed by atoms with Crippen LogP contribution in [-0.2, 0) is 38.3 Å². The predicted octanol–water partition coefficient (Wildman–Crippen LogP) is 4.63. The number of nitrogens with one attached hydrogen (secondary N) is 2. The van der Waals surface area contributed by atoms with Crippen molar-refractivity contribution in [2.24, 2.45) is 0 Å². The SMILES string of the molecule is CC[C@H]1COCCN1c1cc(CS(=O)(=O)NCc2ccc(OC)cc2)nc(-c2ccc3[nH]c(CN(C)C(=O)OC(C)(C)C)cc3n2)n1. The fraction of sp³-hybridized carbons (Fsp3) is 0.455. The molecule has 3 aromatic heterocycles. The van der Waals surface area contributed by atoms with Crippen molar-refractivity contribution in [3.8, 4) is 17.3 Å². The summed E-state index contributed by atoms with van der Waals surface area (Å²) in [5.74, 6) is 1.31. The van der Waals surface area contributed by atoms with E-state index in [-0.39, 0.29) is 18.3 Å². The van der Waals surface area contributed by atoms with Crippen molar-refractivity contribution in [2.75, 3.05) is 38.8 Å². The number of fused-ring (bicyclic) bond motifs is 1. The Morgan fingerprint density at radius 1 is 1.13 bits per heavy atom. The molecule has 0 saturated carbocycles. The van der Waals surface area contributed by atoms with Crippen molar-refractivity contribution in [3.63, 3.8) is 0 Å². The number of pyridine rings is 1. The zero-order valence-corrected chi connectivity index (χ0v) is 28.6. The highest BCUT2D eigenvalue weighted by Crippen LogP contribution is 2.26. The molecule has 14 heteroatoms. The Kier molecular flexibility index (Phi) is 10.3. The number of rotatable bonds is 11. The fourth-order valence-corrected chi connectivity index (χ4v) is 6.26. The first-order chi connectivity index (χ1) is 22.3. The number of carbonyl (C=O) groups excluding carboxylic acids is 1. The maximum Gasteiger partial charge on any atom is 0.410 e. The molecule has 2 N–H and O–H groups in total. The van der Waals surface area contributed by atoms with Gasteiger partial charge in [0, 0.05) is 31.9 Å². The molecule has 1 amide bonds. The predicted molar refractivity (Wildman–Crippen MR) is 180 cm³/mol. The first kappa shape index (κ1) is 34.1. The van der Waals surface area contributed by atoms with E-state index in [1.807, 2.05) is 45.0 Å². The first-order valence-electron chi connectivity index (χ1n) is 15.6. The third-order valence-corrected chi connectivity index (χ3v) is 8.88. The Labute approximate surface area is 275 Å². The van der Waals surface area contributed by atoms with Gasteiger partial charge in [0.05, 0.1) is 49.6 Å². The zero-order valence-electron chi connectivity index (χ0n) is 27.7. The molecule has 1 aliphatic rings. The lowest BCUT2D eigenvalue weighted by Gasteiger charge is -2.36. The van der Waals surface area contributed by atoms with Gasteiger partial charge in [0.2, 0.25) is 10.0 Å². The van der Waals surface area contributed by atoms with E-state index in [4.69, 9.17) is 24.2 Å². The van der Waals surface area contributed by atoms with Crippen molar-refractivity contribution in [1.29, 1.82) is 0 Å². The van der Waals surface area contributed by atoms with Crippen LogP contribution in [0.4, 0.5) is 10.6 Å². The van der Waals surface area contributed by atoms with Gasteiger partial charge in [-0.05, 0) is 63.1 Å². The molecule has 1 aliphatic heterocycles. The number of H-pyrrole nitrogens is 1. The maximum absolute atomic E-state index is 13.3. The van der Waals surface area contributed by atoms with Gasteiger partial charge >= 0.3 is 6.09 Å². The molecule has 0 spiro atoms. The summed E-state index contributed by atoms with van der Waals surface area (Å²) in [4.78, 5) is 33.8. The number of aromatic amines is 1. The van der Waals surface area contributed by atoms with E-state index in [0.717, 1.165) is 23.2 Å². The highest BCUT2D eigenvalue weighted by molar-refractivity contribution is 7.88. The van der Waals surface area contributed by atoms with Crippen LogP contribution in [0.25, 0.3) is 22.6 Å². The number of aromatic nitrogens is 4. The molecule has 47 heavy (non-hydrogen) atoms. The van der Waals surface area contributed by atoms with Gasteiger partial charge in [0.1, 0.15) is 28.6 Å². The summed E-state index contributed by atoms with van der Waals surface area (Å²) in [6.07, 6.45) is 0.411. The van der Waals surface area contributed by atoms with Gasteiger partial charge in [-0.3, -0.25) is 0 Å². The third kappa shape index (κ3) is 8.96. The molecule has 252 valence electrons. The summed E-state index contributed by atoms with van der Waals surface area (Å²) in [6.45, 7) is 9.71. The molecule has 5 rings (SSSR count). The van der Waals surface area contributed by atoms with Crippen molar-refractivity contribution >= 4 is 33.0 Å². The summed E-state index contributed by atoms with van der Waals surface area (Å²) >= 11 is 0. The van der Waals surface area contributed by atoms with Gasteiger partial charge in [-0.15, -0.1) is 0 Å². The summed E-state index contributed by atoms with van der Waals surface area (Å²) in [5.41, 5.74) is 3.28. The number of sulfonamides is 1. The molecule has 13 nitrogen and oxygen atoms in total. The van der Waals surface area contributed by atoms with Gasteiger partial charge in [0.25, 0.3) is 0 Å². The van der Waals surface area contributed by atoms with Crippen molar-refractivity contribution in [3.05, 3.63) is 65.5 Å². The molecule has 1 fully saturated rings. The number of nitrogens with zero attached hydrogens (tertiary/aromatic N) is 5. The lowest BCUT2D eigenvalue weighted by Crippen LogP contribution is -2.45. The smallest absolute Gasteiger partial charge is 0.410 e. The number of hydrogen-bond donors (Lipinski definition) is 2. The first-order valence-corrected chi connectivity index (χ1v) is 17.2. The van der Waals surface area contributed by atoms with Gasteiger partial charge in [-0.2, -0.15) is 0 Å². The van der Waals surface area contributed by atoms with Crippen LogP contribution >= 0.6 is 0 Å². The number of morpholine rings is 1. The van der Waals surface area contributed by atoms with Gasteiger partial charge in [-0.25, -0.2) is 32.9 Å². The summed E-state index contributed by atoms with van der Waals surface area (Å²) in [7, 11) is -0.501. The fourth-order valence-electron chi connectivity index (χ4n) is 5.23. The summed E-state index contributed by atoms with van der Waals surface area (Å²) in [6, 6.07) is 14.6. The number of amides is 1. The molecule has 0 bridgehead atoms. The Morgan fingerprint density at radius 2 is 1.89 bits per heavy atom. The van der Waals surface area contributed by atoms with E-state index >= 15 is 0 Å². The van der Waals surface area contributed by atoms with Crippen LogP contribution in [0.1, 0.15) is 51.1 Å². The number of hydrogen-bond acceptors (Lipinski definition) is 10. The van der Waals surface area contributed by atoms with E-state index in [1.54, 1.807) is 38.4 Å². The van der Waals surface area contributed by atoms with Crippen LogP contribution in [0.2, 0.25) is 0 Å². The second-order valence-electron chi connectivity index (χ2n) is 12.6. The third-order valence-electron chi connectivity index (χ3n) is 7.62. The summed E-state index contributed by atoms with van der Waals surface area (Å²) < 4.78 is 45.6. The largest absolute Gasteiger partial charge is 0.497 e. The highest BCUT2D eigenvalue weighted by atomic mass is 32.2. The maximum atomic E-state index is 13.3. The van der Waals surface area contributed by atoms with Crippen molar-refractivity contribution in [1.82, 2.24) is 29.6 Å². The Bertz CT molecular complexity index is 1800. The quantitative estimate of drug-likeness (QED) is 0.232. The minimum Gasteiger partial charge on any atom is -0.497 e. The normalized spacial score (nSPS) is 15.5. The van der Waals surface area contributed by atoms with Gasteiger partial charge in [0.15, 0.2) is 5.82 Å². The zero-order chi connectivity index (χ0) is 33.8. The molecule has 4 heterocycles. The molecule has 1 aromatic carbocycles. The molecule has 0 unspecified atom stereocenters. The van der Waals surface area contributed by atoms with Crippen LogP contribution in [0.15, 0.2) is 48.5 Å². The average Bonchev–Trinajstić information content (AvgIpc) is 3.44. The van der Waals surface area contributed by atoms with E-state index in [9.17, 15) is 13.2 Å². The van der Waals surface area contributed by atoms with E-state index < -0.39 is 21.7 Å². The standard InChI is InChI=1S/C33H43N7O6S/c1-7-25-20-45-15-14-40(25)30-17-24(21-47(42,43)34-18-22-8-10-26(44-6)11-9-22)36-31(38-30)28-13-12-27-29(37-28)16-23(35-27)19-39(5)32(41)46-33(2,3)4/h8-13,16-17,25,34-35H,7,14-15,18-21H2,1-6H3/t25-/m0/s1. The topological polar surface area (TPSA) is 152 Å². The molecule has 4 aromatic rings. The lowest BCUT2D eigenvalue weighted by atomic mass is 10.1. The number of carbonyl (C=O) groups is 1. The van der Waals surface area contributed by atoms with Crippen LogP contribution in [0, 0.1) is 0 Å². The van der Waals surface area contributed by atoms with Gasteiger partial charge < -0.3 is 29.0 Å².